The Morgan fingerprint density at radius 2 is 0.897 bits per heavy atom. The van der Waals surface area contributed by atoms with Gasteiger partial charge in [0.1, 0.15) is 23.3 Å². The molecule has 0 aliphatic rings. The molecule has 2 atom stereocenters. The van der Waals surface area contributed by atoms with Crippen LogP contribution in [0.15, 0.2) is 131 Å². The minimum atomic E-state index is -1.54. The number of alkyl carbamates (subject to hydrolysis) is 2. The summed E-state index contributed by atoms with van der Waals surface area (Å²) in [6.45, 7) is 7.68. The topological polar surface area (TPSA) is 439 Å². The maximum atomic E-state index is 13.2. The molecule has 97 heavy (non-hydrogen) atoms. The zero-order valence-corrected chi connectivity index (χ0v) is 55.8. The van der Waals surface area contributed by atoms with Gasteiger partial charge in [-0.2, -0.15) is 10.5 Å². The Morgan fingerprint density at radius 1 is 0.526 bits per heavy atom. The predicted molar refractivity (Wildman–Crippen MR) is 377 cm³/mol. The van der Waals surface area contributed by atoms with Crippen LogP contribution in [0.4, 0.5) is 21.0 Å². The van der Waals surface area contributed by atoms with E-state index in [9.17, 15) is 58.3 Å². The van der Waals surface area contributed by atoms with Crippen LogP contribution in [0.2, 0.25) is 20.1 Å². The Kier molecular flexibility index (Phi) is 27.8. The van der Waals surface area contributed by atoms with Crippen LogP contribution in [-0.2, 0) is 33.4 Å². The number of nitrogens with one attached hydrogen (secondary N) is 8. The van der Waals surface area contributed by atoms with Crippen molar-refractivity contribution in [3.8, 4) is 34.4 Å². The van der Waals surface area contributed by atoms with E-state index < -0.39 is 115 Å². The van der Waals surface area contributed by atoms with Crippen molar-refractivity contribution in [3.05, 3.63) is 175 Å². The van der Waals surface area contributed by atoms with Crippen molar-refractivity contribution in [1.29, 1.82) is 10.5 Å². The molecule has 0 unspecified atom stereocenters. The molecule has 6 aromatic carbocycles. The first kappa shape index (κ1) is 76.4. The molecule has 522 valence electrons. The summed E-state index contributed by atoms with van der Waals surface area (Å²) in [6, 6.07) is 33.0. The first-order valence-electron chi connectivity index (χ1n) is 28.6. The number of nitrogens with zero attached hydrogens (tertiary/aromatic N) is 4. The molecule has 0 radical (unpaired) electrons. The van der Waals surface area contributed by atoms with Gasteiger partial charge in [-0.15, -0.1) is 0 Å². The number of ether oxygens (including phenoxy) is 3. The summed E-state index contributed by atoms with van der Waals surface area (Å²) in [5, 5.41) is 47.2. The number of hydrogen-bond donors (Lipinski definition) is 11. The van der Waals surface area contributed by atoms with E-state index in [1.54, 1.807) is 53.7 Å². The number of aliphatic imine (C=N–C) groups is 2. The van der Waals surface area contributed by atoms with Crippen LogP contribution in [-0.4, -0.2) is 133 Å². The number of nitriles is 2. The van der Waals surface area contributed by atoms with Crippen LogP contribution >= 0.6 is 46.4 Å². The number of rotatable bonds is 20. The van der Waals surface area contributed by atoms with Gasteiger partial charge in [0.15, 0.2) is 5.96 Å². The molecule has 32 heteroatoms. The molecule has 0 saturated heterocycles. The summed E-state index contributed by atoms with van der Waals surface area (Å²) in [6.07, 6.45) is -1.93. The number of esters is 1. The van der Waals surface area contributed by atoms with Crippen LogP contribution in [0.3, 0.4) is 0 Å². The summed E-state index contributed by atoms with van der Waals surface area (Å²) < 4.78 is 15.3. The Morgan fingerprint density at radius 3 is 1.25 bits per heavy atom. The fraction of sp³-hybridized carbons (Fsp3) is 0.231. The number of amides is 8. The molecule has 0 fully saturated rings. The summed E-state index contributed by atoms with van der Waals surface area (Å²) in [5.74, 6) is -7.73. The lowest BCUT2D eigenvalue weighted by atomic mass is 10.0. The predicted octanol–water partition coefficient (Wildman–Crippen LogP) is 9.52. The van der Waals surface area contributed by atoms with E-state index in [4.69, 9.17) is 77.3 Å². The van der Waals surface area contributed by atoms with E-state index in [0.29, 0.717) is 11.1 Å². The number of methoxy groups -OCH3 is 1. The van der Waals surface area contributed by atoms with Crippen molar-refractivity contribution in [3.63, 3.8) is 0 Å². The van der Waals surface area contributed by atoms with E-state index in [2.05, 4.69) is 52.5 Å². The maximum Gasteiger partial charge on any atom is 0.414 e. The Balaban J connectivity index is -0.000000937. The minimum Gasteiger partial charge on any atom is -0.480 e. The zero-order valence-electron chi connectivity index (χ0n) is 52.7. The first-order valence-corrected chi connectivity index (χ1v) is 30.1. The number of carboxylic acid groups (broad SMARTS) is 1. The molecule has 0 saturated carbocycles. The number of hydrogen-bond acceptors (Lipinski definition) is 17. The largest absolute Gasteiger partial charge is 0.480 e. The third-order valence-corrected chi connectivity index (χ3v) is 13.5. The molecule has 0 aliphatic carbocycles. The van der Waals surface area contributed by atoms with Crippen LogP contribution in [0.5, 0.6) is 0 Å². The number of carboxylic acids is 1. The van der Waals surface area contributed by atoms with Gasteiger partial charge in [0.05, 0.1) is 86.1 Å². The van der Waals surface area contributed by atoms with Gasteiger partial charge in [0, 0.05) is 35.6 Å². The highest BCUT2D eigenvalue weighted by Gasteiger charge is 2.29. The highest BCUT2D eigenvalue weighted by atomic mass is 35.5. The normalized spacial score (nSPS) is 11.2. The van der Waals surface area contributed by atoms with Crippen molar-refractivity contribution < 1.29 is 78.7 Å². The zero-order chi connectivity index (χ0) is 71.9. The third-order valence-electron chi connectivity index (χ3n) is 12.3. The second-order valence-corrected chi connectivity index (χ2v) is 23.9. The summed E-state index contributed by atoms with van der Waals surface area (Å²) in [7, 11) is 1.09. The number of nitrogens with two attached hydrogens (primary N) is 2. The lowest BCUT2D eigenvalue weighted by molar-refractivity contribution is -0.143. The van der Waals surface area contributed by atoms with Gasteiger partial charge >= 0.3 is 24.1 Å². The molecule has 6 rings (SSSR count). The standard InChI is InChI=1S/C38H41Cl2N7O9.C27H23Cl2N7O5.8H2/c1-37(2,3)55-35(52)46-34(47-36(53)56-38(4,5)6)44-25-14-21(18-41)13-24(15-25)31(49)43-20-29(48)42-19-28(33(51)54-7)45-32(50)30-26(39)16-23(17-27(30)40)22-11-9-8-10-12-22;28-19-9-16(15-4-2-1-3-5-15)10-20(29)23(19)25(39)36-21(26(40)41)12-33-22(37)13-34-24(38)17-6-14(11-30)7-18(8-17)35-27(31)32;;;;;;;;/h8-17,28H,19-20H2,1-7H3,(H,42,48)(H,43,49)(H,45,50)(H2,44,46,47,52,53);1-10,21H,12-13H2,(H,33,37)(H,34,38)(H,36,39)(H,40,41)(H4,31,32,35);8*1H/t28-;21-;;;;;;;;/m00......../s1. The van der Waals surface area contributed by atoms with Crippen molar-refractivity contribution in [2.75, 3.05) is 33.3 Å². The number of halogens is 4. The van der Waals surface area contributed by atoms with Gasteiger partial charge in [-0.05, 0) is 124 Å². The molecule has 13 N–H and O–H groups in total. The summed E-state index contributed by atoms with van der Waals surface area (Å²) >= 11 is 25.5. The molecule has 8 amide bonds. The minimum absolute atomic E-state index is 0. The van der Waals surface area contributed by atoms with Gasteiger partial charge in [0.25, 0.3) is 23.6 Å². The highest BCUT2D eigenvalue weighted by molar-refractivity contribution is 6.41. The van der Waals surface area contributed by atoms with Gasteiger partial charge in [-0.1, -0.05) is 107 Å². The van der Waals surface area contributed by atoms with E-state index >= 15 is 0 Å². The van der Waals surface area contributed by atoms with E-state index in [0.717, 1.165) is 18.2 Å². The van der Waals surface area contributed by atoms with E-state index in [1.165, 1.54) is 48.5 Å². The molecular formula is C65H80Cl4N14O14. The lowest BCUT2D eigenvalue weighted by Crippen LogP contribution is -2.50. The lowest BCUT2D eigenvalue weighted by Gasteiger charge is -2.22. The highest BCUT2D eigenvalue weighted by Crippen LogP contribution is 2.34. The Labute approximate surface area is 587 Å². The average molecular weight is 1420 g/mol. The van der Waals surface area contributed by atoms with Crippen molar-refractivity contribution >= 4 is 129 Å². The van der Waals surface area contributed by atoms with Crippen molar-refractivity contribution in [2.45, 2.75) is 64.8 Å². The van der Waals surface area contributed by atoms with Crippen LogP contribution in [0.1, 0.15) is 106 Å². The molecule has 0 spiro atoms. The second kappa shape index (κ2) is 35.3. The first-order chi connectivity index (χ1) is 45.6. The molecule has 0 aliphatic heterocycles. The van der Waals surface area contributed by atoms with Crippen molar-refractivity contribution in [2.24, 2.45) is 21.5 Å². The maximum absolute atomic E-state index is 13.2. The number of benzene rings is 6. The number of guanidine groups is 2. The molecule has 0 aromatic heterocycles. The summed E-state index contributed by atoms with van der Waals surface area (Å²) in [4.78, 5) is 134. The number of aliphatic carboxylic acids is 1. The van der Waals surface area contributed by atoms with Crippen LogP contribution < -0.4 is 54.0 Å². The molecule has 28 nitrogen and oxygen atoms in total. The van der Waals surface area contributed by atoms with Gasteiger partial charge in [0.2, 0.25) is 17.8 Å². The number of carbonyl (C=O) groups is 10. The monoisotopic (exact) mass is 1420 g/mol. The fourth-order valence-electron chi connectivity index (χ4n) is 8.16. The average Bonchev–Trinajstić information content (AvgIpc) is 0.815. The molecular weight excluding hydrogens is 1340 g/mol. The Hall–Kier alpha value is -11.3. The van der Waals surface area contributed by atoms with Gasteiger partial charge in [-0.3, -0.25) is 39.4 Å². The summed E-state index contributed by atoms with van der Waals surface area (Å²) in [5.41, 5.74) is 11.7. The quantitative estimate of drug-likeness (QED) is 0.0147. The second-order valence-electron chi connectivity index (χ2n) is 22.3. The molecule has 0 bridgehead atoms. The molecule has 6 aromatic rings. The SMILES string of the molecule is COC(=O)[C@H](CNC(=O)CNC(=O)c1cc(C#N)cc(N=C(NC(=O)OC(C)(C)C)NC(=O)OC(C)(C)C)c1)NC(=O)c1c(Cl)cc(-c2ccccc2)cc1Cl.N#Cc1cc(N=C(N)N)cc(C(=O)NCC(=O)NC[C@H](NC(=O)c2c(Cl)cc(-c3ccccc3)cc2Cl)C(=O)O)c1.[HH].[HH].[HH].[HH].[HH].[HH].[HH].[HH]. The fourth-order valence-corrected chi connectivity index (χ4v) is 9.48. The third kappa shape index (κ3) is 24.8. The van der Waals surface area contributed by atoms with E-state index in [-0.39, 0.29) is 82.2 Å². The van der Waals surface area contributed by atoms with Gasteiger partial charge in [-0.25, -0.2) is 29.2 Å². The smallest absolute Gasteiger partial charge is 0.414 e. The van der Waals surface area contributed by atoms with Crippen LogP contribution in [0, 0.1) is 22.7 Å². The van der Waals surface area contributed by atoms with Crippen molar-refractivity contribution in [1.82, 2.24) is 42.5 Å². The Bertz CT molecular complexity index is 4110. The molecule has 0 heterocycles. The van der Waals surface area contributed by atoms with E-state index in [1.807, 2.05) is 72.8 Å². The van der Waals surface area contributed by atoms with Crippen LogP contribution in [0.25, 0.3) is 22.3 Å². The van der Waals surface area contributed by atoms with Gasteiger partial charge < -0.3 is 62.7 Å². The number of carbonyl (C=O) groups excluding carboxylic acids is 9.